The number of rotatable bonds is 6. The number of aliphatic hydroxyl groups is 2. The first kappa shape index (κ1) is 27.7. The molecule has 17 nitrogen and oxygen atoms in total. The Balaban J connectivity index is 1.89. The summed E-state index contributed by atoms with van der Waals surface area (Å²) < 4.78 is 51.3. The summed E-state index contributed by atoms with van der Waals surface area (Å²) in [5.74, 6) is -7.77. The number of carboxylic acids is 1. The maximum absolute atomic E-state index is 12.9. The summed E-state index contributed by atoms with van der Waals surface area (Å²) >= 11 is 0. The molecule has 1 saturated heterocycles. The highest BCUT2D eigenvalue weighted by Gasteiger charge is 2.51. The van der Waals surface area contributed by atoms with Crippen molar-refractivity contribution in [1.29, 1.82) is 0 Å². The van der Waals surface area contributed by atoms with E-state index in [-0.39, 0.29) is 5.56 Å². The van der Waals surface area contributed by atoms with E-state index in [2.05, 4.69) is 4.18 Å². The summed E-state index contributed by atoms with van der Waals surface area (Å²) in [7, 11) is -5.37. The Morgan fingerprint density at radius 2 is 1.59 bits per heavy atom. The number of hydrogen-bond donors (Lipinski definition) is 9. The molecule has 0 amide bonds. The molecule has 0 bridgehead atoms. The Bertz CT molecular complexity index is 1630. The van der Waals surface area contributed by atoms with Crippen LogP contribution in [0, 0.1) is 0 Å². The van der Waals surface area contributed by atoms with Crippen LogP contribution in [0.1, 0.15) is 0 Å². The lowest BCUT2D eigenvalue weighted by Crippen LogP contribution is -2.62. The van der Waals surface area contributed by atoms with E-state index in [1.165, 1.54) is 0 Å². The van der Waals surface area contributed by atoms with Crippen molar-refractivity contribution in [3.63, 3.8) is 0 Å². The third-order valence-corrected chi connectivity index (χ3v) is 6.01. The molecule has 1 fully saturated rings. The molecule has 18 heteroatoms. The van der Waals surface area contributed by atoms with Crippen LogP contribution in [0.5, 0.6) is 34.5 Å². The summed E-state index contributed by atoms with van der Waals surface area (Å²) in [6.07, 6.45) is -11.7. The van der Waals surface area contributed by atoms with Crippen molar-refractivity contribution in [2.45, 2.75) is 30.7 Å². The lowest BCUT2D eigenvalue weighted by Gasteiger charge is -2.39. The summed E-state index contributed by atoms with van der Waals surface area (Å²) in [5.41, 5.74) is -2.31. The average Bonchev–Trinajstić information content (AvgIpc) is 2.83. The topological polar surface area (TPSA) is 291 Å². The number of hydrogen-bond acceptors (Lipinski definition) is 15. The zero-order chi connectivity index (χ0) is 29.0. The van der Waals surface area contributed by atoms with Crippen molar-refractivity contribution in [3.05, 3.63) is 34.5 Å². The van der Waals surface area contributed by atoms with E-state index in [0.29, 0.717) is 6.07 Å². The standard InChI is InChI=1S/C21H18O17S/c22-6-2-1-5(3-7(6)23)15-12(27)11(26)10-8(24)4-9(25)16(17(10)35-15)36-21-14(29)18(38-39(32,33)34)13(28)19(37-21)20(30)31/h1-4,13-14,18-19,21-25,27-29H,(H,30,31)(H,32,33,34). The number of carboxylic acid groups (broad SMARTS) is 1. The molecular formula is C21H18O17S. The Morgan fingerprint density at radius 1 is 0.923 bits per heavy atom. The van der Waals surface area contributed by atoms with E-state index in [1.807, 2.05) is 0 Å². The van der Waals surface area contributed by atoms with Gasteiger partial charge in [-0.3, -0.25) is 9.35 Å². The van der Waals surface area contributed by atoms with Gasteiger partial charge in [0.05, 0.1) is 0 Å². The number of aliphatic carboxylic acids is 1. The molecule has 2 aromatic carbocycles. The van der Waals surface area contributed by atoms with Crippen LogP contribution in [0.2, 0.25) is 0 Å². The third kappa shape index (κ3) is 5.06. The number of phenols is 4. The van der Waals surface area contributed by atoms with Crippen molar-refractivity contribution in [2.75, 3.05) is 0 Å². The van der Waals surface area contributed by atoms with Gasteiger partial charge in [0.1, 0.15) is 29.4 Å². The summed E-state index contributed by atoms with van der Waals surface area (Å²) in [5, 5.41) is 79.6. The van der Waals surface area contributed by atoms with Crippen molar-refractivity contribution >= 4 is 27.3 Å². The molecule has 2 heterocycles. The van der Waals surface area contributed by atoms with Crippen LogP contribution >= 0.6 is 0 Å². The molecular weight excluding hydrogens is 556 g/mol. The molecule has 4 rings (SSSR count). The molecule has 210 valence electrons. The van der Waals surface area contributed by atoms with Gasteiger partial charge < -0.3 is 54.7 Å². The van der Waals surface area contributed by atoms with Gasteiger partial charge in [-0.2, -0.15) is 8.42 Å². The molecule has 5 atom stereocenters. The third-order valence-electron chi connectivity index (χ3n) is 5.55. The molecule has 1 aliphatic rings. The van der Waals surface area contributed by atoms with Crippen molar-refractivity contribution < 1.29 is 76.7 Å². The molecule has 0 aliphatic carbocycles. The zero-order valence-electron chi connectivity index (χ0n) is 18.9. The predicted octanol–water partition coefficient (Wildman–Crippen LogP) is -0.914. The number of aliphatic hydroxyl groups excluding tert-OH is 2. The van der Waals surface area contributed by atoms with Gasteiger partial charge in [-0.1, -0.05) is 0 Å². The quantitative estimate of drug-likeness (QED) is 0.127. The van der Waals surface area contributed by atoms with E-state index in [1.54, 1.807) is 0 Å². The number of fused-ring (bicyclic) bond motifs is 1. The van der Waals surface area contributed by atoms with E-state index >= 15 is 0 Å². The largest absolute Gasteiger partial charge is 0.507 e. The molecule has 0 spiro atoms. The second-order valence-corrected chi connectivity index (χ2v) is 9.16. The maximum atomic E-state index is 12.9. The van der Waals surface area contributed by atoms with E-state index in [9.17, 15) is 58.9 Å². The van der Waals surface area contributed by atoms with Gasteiger partial charge in [0.2, 0.25) is 23.2 Å². The second kappa shape index (κ2) is 9.76. The summed E-state index contributed by atoms with van der Waals surface area (Å²) in [6, 6.07) is 3.51. The van der Waals surface area contributed by atoms with E-state index in [0.717, 1.165) is 18.2 Å². The Labute approximate surface area is 215 Å². The van der Waals surface area contributed by atoms with Gasteiger partial charge in [0.25, 0.3) is 0 Å². The van der Waals surface area contributed by atoms with Gasteiger partial charge in [0, 0.05) is 11.6 Å². The van der Waals surface area contributed by atoms with Crippen molar-refractivity contribution in [2.24, 2.45) is 0 Å². The summed E-state index contributed by atoms with van der Waals surface area (Å²) in [6.45, 7) is 0. The molecule has 9 N–H and O–H groups in total. The highest BCUT2D eigenvalue weighted by Crippen LogP contribution is 2.44. The van der Waals surface area contributed by atoms with Crippen LogP contribution in [-0.4, -0.2) is 90.5 Å². The molecule has 0 saturated carbocycles. The maximum Gasteiger partial charge on any atom is 0.397 e. The van der Waals surface area contributed by atoms with Gasteiger partial charge in [-0.05, 0) is 18.2 Å². The fourth-order valence-electron chi connectivity index (χ4n) is 3.78. The molecule has 0 radical (unpaired) electrons. The lowest BCUT2D eigenvalue weighted by molar-refractivity contribution is -0.266. The predicted molar refractivity (Wildman–Crippen MR) is 122 cm³/mol. The SMILES string of the molecule is O=C(O)C1OC(Oc2c(O)cc(O)c3c(=O)c(O)c(-c4ccc(O)c(O)c4)oc23)C(O)C(OS(=O)(=O)O)C1O. The minimum atomic E-state index is -5.37. The van der Waals surface area contributed by atoms with Crippen molar-refractivity contribution in [3.8, 4) is 45.8 Å². The van der Waals surface area contributed by atoms with Gasteiger partial charge in [0.15, 0.2) is 34.7 Å². The van der Waals surface area contributed by atoms with E-state index in [4.69, 9.17) is 18.4 Å². The average molecular weight is 574 g/mol. The van der Waals surface area contributed by atoms with Crippen LogP contribution in [0.15, 0.2) is 33.5 Å². The van der Waals surface area contributed by atoms with Crippen LogP contribution < -0.4 is 10.2 Å². The summed E-state index contributed by atoms with van der Waals surface area (Å²) in [4.78, 5) is 24.4. The normalized spacial score (nSPS) is 23.5. The lowest BCUT2D eigenvalue weighted by atomic mass is 9.99. The number of carbonyl (C=O) groups is 1. The number of aromatic hydroxyl groups is 5. The van der Waals surface area contributed by atoms with Crippen LogP contribution in [-0.2, 0) is 24.1 Å². The van der Waals surface area contributed by atoms with Gasteiger partial charge >= 0.3 is 16.4 Å². The molecule has 3 aromatic rings. The first-order chi connectivity index (χ1) is 18.1. The van der Waals surface area contributed by atoms with Gasteiger partial charge in [-0.15, -0.1) is 0 Å². The minimum Gasteiger partial charge on any atom is -0.507 e. The molecule has 5 unspecified atom stereocenters. The number of ether oxygens (including phenoxy) is 2. The fraction of sp³-hybridized carbons (Fsp3) is 0.238. The molecule has 1 aliphatic heterocycles. The monoisotopic (exact) mass is 574 g/mol. The second-order valence-electron chi connectivity index (χ2n) is 8.11. The Kier molecular flexibility index (Phi) is 6.93. The highest BCUT2D eigenvalue weighted by atomic mass is 32.3. The molecule has 39 heavy (non-hydrogen) atoms. The highest BCUT2D eigenvalue weighted by molar-refractivity contribution is 7.80. The van der Waals surface area contributed by atoms with Crippen LogP contribution in [0.25, 0.3) is 22.3 Å². The first-order valence-electron chi connectivity index (χ1n) is 10.4. The van der Waals surface area contributed by atoms with Crippen LogP contribution in [0.4, 0.5) is 0 Å². The minimum absolute atomic E-state index is 0.194. The Hall–Kier alpha value is -4.33. The number of phenolic OH excluding ortho intramolecular Hbond substituents is 4. The van der Waals surface area contributed by atoms with Crippen molar-refractivity contribution in [1.82, 2.24) is 0 Å². The zero-order valence-corrected chi connectivity index (χ0v) is 19.7. The van der Waals surface area contributed by atoms with Gasteiger partial charge in [-0.25, -0.2) is 8.98 Å². The molecule has 1 aromatic heterocycles. The number of benzene rings is 2. The van der Waals surface area contributed by atoms with E-state index < -0.39 is 104 Å². The first-order valence-corrected chi connectivity index (χ1v) is 11.8. The fourth-order valence-corrected chi connectivity index (χ4v) is 4.29. The smallest absolute Gasteiger partial charge is 0.397 e. The van der Waals surface area contributed by atoms with Crippen LogP contribution in [0.3, 0.4) is 0 Å². The Morgan fingerprint density at radius 3 is 2.18 bits per heavy atom.